The number of hydrogen-bond donors (Lipinski definition) is 3. The van der Waals surface area contributed by atoms with E-state index in [1.807, 2.05) is 6.92 Å². The largest absolute Gasteiger partial charge is 0.512 e. The summed E-state index contributed by atoms with van der Waals surface area (Å²) in [5.74, 6) is -0.905. The molecule has 2 atom stereocenters. The minimum atomic E-state index is -0.600. The number of carbonyl (C=O) groups is 1. The first-order valence-electron chi connectivity index (χ1n) is 8.34. The number of unbranched alkanes of at least 4 members (excludes halogenated alkanes) is 2. The van der Waals surface area contributed by atoms with Crippen LogP contribution in [0.5, 0.6) is 11.5 Å². The fourth-order valence-corrected chi connectivity index (χ4v) is 3.45. The van der Waals surface area contributed by atoms with Crippen molar-refractivity contribution in [2.75, 3.05) is 0 Å². The number of Topliss-reactive ketones (excluding diaryl/α,β-unsaturated/α-hetero) is 1. The first kappa shape index (κ1) is 17.4. The highest BCUT2D eigenvalue weighted by atomic mass is 16.3. The Hall–Kier alpha value is -1.97. The standard InChI is InChI=1S/C19H26O4/c1-4-5-6-7-13-9-15(21)18(16(22)10-13)17-11(2)8-14(12(3)20)19(17)23/h9-11,17,20-22H,4-8H2,1-3H3/t11-,17-/m1/s1. The molecule has 0 spiro atoms. The van der Waals surface area contributed by atoms with Crippen LogP contribution in [0.1, 0.15) is 63.5 Å². The summed E-state index contributed by atoms with van der Waals surface area (Å²) in [5, 5.41) is 30.4. The summed E-state index contributed by atoms with van der Waals surface area (Å²) < 4.78 is 0. The van der Waals surface area contributed by atoms with Gasteiger partial charge in [-0.15, -0.1) is 0 Å². The molecular weight excluding hydrogens is 292 g/mol. The van der Waals surface area contributed by atoms with E-state index in [-0.39, 0.29) is 34.5 Å². The maximum Gasteiger partial charge on any atom is 0.170 e. The zero-order chi connectivity index (χ0) is 17.1. The van der Waals surface area contributed by atoms with Crippen molar-refractivity contribution < 1.29 is 20.1 Å². The molecule has 2 rings (SSSR count). The van der Waals surface area contributed by atoms with E-state index < -0.39 is 5.92 Å². The van der Waals surface area contributed by atoms with Crippen molar-refractivity contribution in [2.24, 2.45) is 5.92 Å². The Morgan fingerprint density at radius 1 is 1.22 bits per heavy atom. The minimum Gasteiger partial charge on any atom is -0.512 e. The molecule has 1 aromatic rings. The van der Waals surface area contributed by atoms with E-state index in [1.165, 1.54) is 6.92 Å². The lowest BCUT2D eigenvalue weighted by Crippen LogP contribution is -2.12. The number of ketones is 1. The zero-order valence-electron chi connectivity index (χ0n) is 14.1. The molecule has 0 unspecified atom stereocenters. The molecule has 0 saturated heterocycles. The first-order chi connectivity index (χ1) is 10.9. The van der Waals surface area contributed by atoms with Gasteiger partial charge in [0.1, 0.15) is 11.5 Å². The van der Waals surface area contributed by atoms with Crippen LogP contribution in [-0.2, 0) is 11.2 Å². The van der Waals surface area contributed by atoms with E-state index in [4.69, 9.17) is 0 Å². The Kier molecular flexibility index (Phi) is 5.34. The summed E-state index contributed by atoms with van der Waals surface area (Å²) in [4.78, 5) is 12.5. The number of hydrogen-bond acceptors (Lipinski definition) is 4. The summed E-state index contributed by atoms with van der Waals surface area (Å²) >= 11 is 0. The Bertz CT molecular complexity index is 603. The second kappa shape index (κ2) is 7.07. The van der Waals surface area contributed by atoms with Crippen molar-refractivity contribution in [1.82, 2.24) is 0 Å². The average molecular weight is 318 g/mol. The van der Waals surface area contributed by atoms with Crippen LogP contribution < -0.4 is 0 Å². The number of allylic oxidation sites excluding steroid dienone is 2. The monoisotopic (exact) mass is 318 g/mol. The number of benzene rings is 1. The molecule has 0 aliphatic heterocycles. The fourth-order valence-electron chi connectivity index (χ4n) is 3.45. The molecule has 0 aromatic heterocycles. The van der Waals surface area contributed by atoms with Crippen LogP contribution in [0.4, 0.5) is 0 Å². The fraction of sp³-hybridized carbons (Fsp3) is 0.526. The number of phenols is 2. The number of carbonyl (C=O) groups excluding carboxylic acids is 1. The average Bonchev–Trinajstić information content (AvgIpc) is 2.75. The van der Waals surface area contributed by atoms with Crippen molar-refractivity contribution in [1.29, 1.82) is 0 Å². The quantitative estimate of drug-likeness (QED) is 0.428. The Balaban J connectivity index is 2.33. The van der Waals surface area contributed by atoms with Gasteiger partial charge in [0.15, 0.2) is 5.78 Å². The summed E-state index contributed by atoms with van der Waals surface area (Å²) in [6, 6.07) is 3.30. The van der Waals surface area contributed by atoms with Crippen molar-refractivity contribution >= 4 is 5.78 Å². The lowest BCUT2D eigenvalue weighted by molar-refractivity contribution is -0.116. The number of aliphatic hydroxyl groups excluding tert-OH is 1. The van der Waals surface area contributed by atoms with Gasteiger partial charge in [0, 0.05) is 11.1 Å². The third kappa shape index (κ3) is 3.52. The van der Waals surface area contributed by atoms with Crippen LogP contribution in [0.3, 0.4) is 0 Å². The summed E-state index contributed by atoms with van der Waals surface area (Å²) in [6.07, 6.45) is 4.47. The van der Waals surface area contributed by atoms with E-state index in [0.717, 1.165) is 31.2 Å². The van der Waals surface area contributed by atoms with Crippen LogP contribution >= 0.6 is 0 Å². The topological polar surface area (TPSA) is 77.8 Å². The van der Waals surface area contributed by atoms with E-state index >= 15 is 0 Å². The van der Waals surface area contributed by atoms with E-state index in [1.54, 1.807) is 12.1 Å². The molecule has 4 nitrogen and oxygen atoms in total. The zero-order valence-corrected chi connectivity index (χ0v) is 14.1. The van der Waals surface area contributed by atoms with Crippen LogP contribution in [0.2, 0.25) is 0 Å². The molecule has 1 fully saturated rings. The molecule has 3 N–H and O–H groups in total. The second-order valence-corrected chi connectivity index (χ2v) is 6.59. The SMILES string of the molecule is CCCCCc1cc(O)c([C@@H]2C(=O)C(=C(C)O)C[C@H]2C)c(O)c1. The van der Waals surface area contributed by atoms with E-state index in [2.05, 4.69) is 6.92 Å². The first-order valence-corrected chi connectivity index (χ1v) is 8.34. The van der Waals surface area contributed by atoms with Crippen molar-refractivity contribution in [3.8, 4) is 11.5 Å². The van der Waals surface area contributed by atoms with E-state index in [0.29, 0.717) is 12.0 Å². The predicted molar refractivity (Wildman–Crippen MR) is 89.9 cm³/mol. The Morgan fingerprint density at radius 2 is 1.83 bits per heavy atom. The number of aliphatic hydroxyl groups is 1. The number of rotatable bonds is 5. The van der Waals surface area contributed by atoms with Gasteiger partial charge < -0.3 is 15.3 Å². The molecule has 4 heteroatoms. The minimum absolute atomic E-state index is 0.0273. The lowest BCUT2D eigenvalue weighted by atomic mass is 9.87. The van der Waals surface area contributed by atoms with Gasteiger partial charge in [0.05, 0.1) is 11.7 Å². The number of aryl methyl sites for hydroxylation is 1. The summed E-state index contributed by atoms with van der Waals surface area (Å²) in [7, 11) is 0. The number of aromatic hydroxyl groups is 2. The predicted octanol–water partition coefficient (Wildman–Crippen LogP) is 4.36. The van der Waals surface area contributed by atoms with Crippen molar-refractivity contribution in [3.05, 3.63) is 34.6 Å². The van der Waals surface area contributed by atoms with Crippen LogP contribution in [-0.4, -0.2) is 21.1 Å². The van der Waals surface area contributed by atoms with Gasteiger partial charge in [-0.05, 0) is 49.8 Å². The molecule has 1 aromatic carbocycles. The van der Waals surface area contributed by atoms with Crippen molar-refractivity contribution in [3.63, 3.8) is 0 Å². The molecule has 23 heavy (non-hydrogen) atoms. The molecule has 0 amide bonds. The molecule has 1 saturated carbocycles. The third-order valence-corrected chi connectivity index (χ3v) is 4.69. The maximum absolute atomic E-state index is 12.5. The molecule has 0 bridgehead atoms. The highest BCUT2D eigenvalue weighted by Crippen LogP contribution is 2.47. The normalized spacial score (nSPS) is 23.3. The van der Waals surface area contributed by atoms with Gasteiger partial charge >= 0.3 is 0 Å². The van der Waals surface area contributed by atoms with Crippen LogP contribution in [0.25, 0.3) is 0 Å². The molecule has 0 radical (unpaired) electrons. The van der Waals surface area contributed by atoms with Gasteiger partial charge in [0.2, 0.25) is 0 Å². The van der Waals surface area contributed by atoms with E-state index in [9.17, 15) is 20.1 Å². The third-order valence-electron chi connectivity index (χ3n) is 4.69. The molecule has 1 aliphatic rings. The molecule has 126 valence electrons. The van der Waals surface area contributed by atoms with Gasteiger partial charge in [-0.2, -0.15) is 0 Å². The van der Waals surface area contributed by atoms with Gasteiger partial charge in [-0.3, -0.25) is 4.79 Å². The second-order valence-electron chi connectivity index (χ2n) is 6.59. The van der Waals surface area contributed by atoms with Crippen molar-refractivity contribution in [2.45, 2.75) is 58.8 Å². The smallest absolute Gasteiger partial charge is 0.170 e. The highest BCUT2D eigenvalue weighted by molar-refractivity contribution is 6.04. The molecule has 0 heterocycles. The molecular formula is C19H26O4. The van der Waals surface area contributed by atoms with Gasteiger partial charge in [-0.25, -0.2) is 0 Å². The summed E-state index contributed by atoms with van der Waals surface area (Å²) in [6.45, 7) is 5.52. The lowest BCUT2D eigenvalue weighted by Gasteiger charge is -2.18. The molecule has 1 aliphatic carbocycles. The Morgan fingerprint density at radius 3 is 2.30 bits per heavy atom. The maximum atomic E-state index is 12.5. The van der Waals surface area contributed by atoms with Gasteiger partial charge in [0.25, 0.3) is 0 Å². The van der Waals surface area contributed by atoms with Gasteiger partial charge in [-0.1, -0.05) is 26.7 Å². The Labute approximate surface area is 137 Å². The van der Waals surface area contributed by atoms with Crippen LogP contribution in [0.15, 0.2) is 23.5 Å². The summed E-state index contributed by atoms with van der Waals surface area (Å²) in [5.41, 5.74) is 1.57. The van der Waals surface area contributed by atoms with Crippen LogP contribution in [0, 0.1) is 5.92 Å². The number of phenolic OH excluding ortho intramolecular Hbond substituents is 2. The highest BCUT2D eigenvalue weighted by Gasteiger charge is 2.40.